The van der Waals surface area contributed by atoms with Gasteiger partial charge in [-0.3, -0.25) is 0 Å². The Morgan fingerprint density at radius 1 is 1.50 bits per heavy atom. The molecule has 1 aliphatic rings. The van der Waals surface area contributed by atoms with E-state index in [1.807, 2.05) is 12.1 Å². The normalized spacial score (nSPS) is 30.0. The van der Waals surface area contributed by atoms with Gasteiger partial charge in [-0.2, -0.15) is 5.10 Å². The number of rotatable bonds is 3. The largest absolute Gasteiger partial charge is 0.394 e. The minimum atomic E-state index is -0.192. The number of aliphatic hydroxyl groups excluding tert-OH is 1. The Morgan fingerprint density at radius 3 is 2.81 bits per heavy atom. The van der Waals surface area contributed by atoms with Crippen LogP contribution in [-0.2, 0) is 0 Å². The quantitative estimate of drug-likeness (QED) is 0.817. The second-order valence-corrected chi connectivity index (χ2v) is 4.85. The third kappa shape index (κ3) is 2.50. The van der Waals surface area contributed by atoms with Crippen molar-refractivity contribution < 1.29 is 5.11 Å². The molecule has 1 aromatic rings. The van der Waals surface area contributed by atoms with E-state index >= 15 is 0 Å². The van der Waals surface area contributed by atoms with Gasteiger partial charge in [0.15, 0.2) is 0 Å². The van der Waals surface area contributed by atoms with Crippen LogP contribution >= 0.6 is 0 Å². The van der Waals surface area contributed by atoms with Gasteiger partial charge in [0.1, 0.15) is 5.82 Å². The summed E-state index contributed by atoms with van der Waals surface area (Å²) in [4.78, 5) is 0. The van der Waals surface area contributed by atoms with Crippen LogP contribution in [0.2, 0.25) is 0 Å². The lowest BCUT2D eigenvalue weighted by Crippen LogP contribution is -2.45. The second kappa shape index (κ2) is 4.78. The summed E-state index contributed by atoms with van der Waals surface area (Å²) in [6, 6.07) is 3.74. The summed E-state index contributed by atoms with van der Waals surface area (Å²) in [5.74, 6) is 1.52. The van der Waals surface area contributed by atoms with E-state index in [-0.39, 0.29) is 12.1 Å². The predicted octanol–water partition coefficient (Wildman–Crippen LogP) is 1.83. The van der Waals surface area contributed by atoms with Crippen molar-refractivity contribution in [1.29, 1.82) is 0 Å². The zero-order valence-electron chi connectivity index (χ0n) is 9.69. The fourth-order valence-electron chi connectivity index (χ4n) is 2.28. The number of aliphatic hydroxyl groups is 1. The van der Waals surface area contributed by atoms with Gasteiger partial charge in [0.25, 0.3) is 0 Å². The summed E-state index contributed by atoms with van der Waals surface area (Å²) in [6.07, 6.45) is 5.98. The maximum absolute atomic E-state index is 9.58. The minimum absolute atomic E-state index is 0.163. The highest BCUT2D eigenvalue weighted by Crippen LogP contribution is 2.33. The van der Waals surface area contributed by atoms with Crippen LogP contribution in [0, 0.1) is 5.92 Å². The SMILES string of the molecule is CC1CCC(CO)(Nc2cccnn2)CC1. The van der Waals surface area contributed by atoms with Crippen molar-refractivity contribution in [3.63, 3.8) is 0 Å². The summed E-state index contributed by atoms with van der Waals surface area (Å²) >= 11 is 0. The zero-order valence-corrected chi connectivity index (χ0v) is 9.69. The summed E-state index contributed by atoms with van der Waals surface area (Å²) < 4.78 is 0. The molecule has 0 amide bonds. The van der Waals surface area contributed by atoms with Crippen molar-refractivity contribution in [2.75, 3.05) is 11.9 Å². The molecule has 4 heteroatoms. The van der Waals surface area contributed by atoms with Crippen LogP contribution in [0.15, 0.2) is 18.3 Å². The Morgan fingerprint density at radius 2 is 2.25 bits per heavy atom. The molecule has 1 aromatic heterocycles. The number of hydrogen-bond acceptors (Lipinski definition) is 4. The highest BCUT2D eigenvalue weighted by Gasteiger charge is 2.33. The first-order valence-corrected chi connectivity index (χ1v) is 5.91. The monoisotopic (exact) mass is 221 g/mol. The minimum Gasteiger partial charge on any atom is -0.394 e. The molecule has 1 aliphatic carbocycles. The molecular formula is C12H19N3O. The first kappa shape index (κ1) is 11.3. The van der Waals surface area contributed by atoms with Gasteiger partial charge in [-0.1, -0.05) is 6.92 Å². The van der Waals surface area contributed by atoms with Gasteiger partial charge in [-0.05, 0) is 43.7 Å². The highest BCUT2D eigenvalue weighted by molar-refractivity contribution is 5.36. The highest BCUT2D eigenvalue weighted by atomic mass is 16.3. The van der Waals surface area contributed by atoms with E-state index in [1.54, 1.807) is 6.20 Å². The number of nitrogens with one attached hydrogen (secondary N) is 1. The Labute approximate surface area is 96.1 Å². The van der Waals surface area contributed by atoms with Crippen LogP contribution < -0.4 is 5.32 Å². The van der Waals surface area contributed by atoms with Crippen molar-refractivity contribution in [3.05, 3.63) is 18.3 Å². The van der Waals surface area contributed by atoms with Crippen molar-refractivity contribution in [3.8, 4) is 0 Å². The average molecular weight is 221 g/mol. The van der Waals surface area contributed by atoms with E-state index < -0.39 is 0 Å². The number of nitrogens with zero attached hydrogens (tertiary/aromatic N) is 2. The Hall–Kier alpha value is -1.16. The molecule has 88 valence electrons. The van der Waals surface area contributed by atoms with Crippen molar-refractivity contribution >= 4 is 5.82 Å². The molecule has 0 radical (unpaired) electrons. The van der Waals surface area contributed by atoms with E-state index in [0.717, 1.165) is 37.4 Å². The number of aromatic nitrogens is 2. The van der Waals surface area contributed by atoms with Crippen LogP contribution in [0.4, 0.5) is 5.82 Å². The summed E-state index contributed by atoms with van der Waals surface area (Å²) in [5.41, 5.74) is -0.192. The molecule has 2 rings (SSSR count). The van der Waals surface area contributed by atoms with Gasteiger partial charge in [0.2, 0.25) is 0 Å². The van der Waals surface area contributed by atoms with Crippen LogP contribution in [0.1, 0.15) is 32.6 Å². The van der Waals surface area contributed by atoms with Crippen LogP contribution in [0.5, 0.6) is 0 Å². The van der Waals surface area contributed by atoms with Crippen molar-refractivity contribution in [2.45, 2.75) is 38.1 Å². The van der Waals surface area contributed by atoms with E-state index in [9.17, 15) is 5.11 Å². The van der Waals surface area contributed by atoms with E-state index in [0.29, 0.717) is 0 Å². The topological polar surface area (TPSA) is 58.0 Å². The molecule has 0 bridgehead atoms. The van der Waals surface area contributed by atoms with Crippen LogP contribution in [0.3, 0.4) is 0 Å². The molecule has 0 spiro atoms. The second-order valence-electron chi connectivity index (χ2n) is 4.85. The third-order valence-electron chi connectivity index (χ3n) is 3.50. The van der Waals surface area contributed by atoms with Gasteiger partial charge in [0.05, 0.1) is 12.1 Å². The lowest BCUT2D eigenvalue weighted by atomic mass is 9.77. The molecular weight excluding hydrogens is 202 g/mol. The van der Waals surface area contributed by atoms with Gasteiger partial charge in [-0.25, -0.2) is 0 Å². The maximum atomic E-state index is 9.58. The summed E-state index contributed by atoms with van der Waals surface area (Å²) in [7, 11) is 0. The van der Waals surface area contributed by atoms with E-state index in [4.69, 9.17) is 0 Å². The molecule has 16 heavy (non-hydrogen) atoms. The van der Waals surface area contributed by atoms with Crippen molar-refractivity contribution in [2.24, 2.45) is 5.92 Å². The lowest BCUT2D eigenvalue weighted by molar-refractivity contribution is 0.155. The molecule has 0 atom stereocenters. The van der Waals surface area contributed by atoms with Gasteiger partial charge >= 0.3 is 0 Å². The van der Waals surface area contributed by atoms with E-state index in [1.165, 1.54) is 0 Å². The Bertz CT molecular complexity index is 320. The standard InChI is InChI=1S/C12H19N3O/c1-10-4-6-12(9-16,7-5-10)14-11-3-2-8-13-15-11/h2-3,8,10,16H,4-7,9H2,1H3,(H,14,15). The first-order valence-electron chi connectivity index (χ1n) is 5.91. The molecule has 1 saturated carbocycles. The van der Waals surface area contributed by atoms with Gasteiger partial charge < -0.3 is 10.4 Å². The van der Waals surface area contributed by atoms with Crippen LogP contribution in [0.25, 0.3) is 0 Å². The average Bonchev–Trinajstić information content (AvgIpc) is 2.34. The Balaban J connectivity index is 2.05. The Kier molecular flexibility index (Phi) is 3.39. The molecule has 0 aromatic carbocycles. The number of anilines is 1. The number of hydrogen-bond donors (Lipinski definition) is 2. The first-order chi connectivity index (χ1) is 7.74. The fourth-order valence-corrected chi connectivity index (χ4v) is 2.28. The molecule has 2 N–H and O–H groups in total. The summed E-state index contributed by atoms with van der Waals surface area (Å²) in [5, 5.41) is 20.8. The third-order valence-corrected chi connectivity index (χ3v) is 3.50. The zero-order chi connectivity index (χ0) is 11.4. The molecule has 0 saturated heterocycles. The van der Waals surface area contributed by atoms with Crippen molar-refractivity contribution in [1.82, 2.24) is 10.2 Å². The predicted molar refractivity (Wildman–Crippen MR) is 63.1 cm³/mol. The lowest BCUT2D eigenvalue weighted by Gasteiger charge is -2.39. The van der Waals surface area contributed by atoms with Gasteiger partial charge in [0, 0.05) is 6.20 Å². The molecule has 4 nitrogen and oxygen atoms in total. The molecule has 0 unspecified atom stereocenters. The molecule has 1 heterocycles. The van der Waals surface area contributed by atoms with Gasteiger partial charge in [-0.15, -0.1) is 5.10 Å². The van der Waals surface area contributed by atoms with E-state index in [2.05, 4.69) is 22.4 Å². The smallest absolute Gasteiger partial charge is 0.149 e. The fraction of sp³-hybridized carbons (Fsp3) is 0.667. The maximum Gasteiger partial charge on any atom is 0.149 e. The summed E-state index contributed by atoms with van der Waals surface area (Å²) in [6.45, 7) is 2.43. The molecule has 0 aliphatic heterocycles. The van der Waals surface area contributed by atoms with Crippen LogP contribution in [-0.4, -0.2) is 27.4 Å². The molecule has 1 fully saturated rings.